The van der Waals surface area contributed by atoms with Gasteiger partial charge in [0.1, 0.15) is 5.76 Å². The van der Waals surface area contributed by atoms with Crippen LogP contribution in [0, 0.1) is 0 Å². The largest absolute Gasteiger partial charge is 0.481 e. The standard InChI is InChI=1S/C15H19N3O3/c1-11(9-13-6-4-8-21-13)18-15(19)17-10-12-5-3-7-16-14(12)20-2/h3-8,11H,9-10H2,1-2H3,(H2,17,18,19). The summed E-state index contributed by atoms with van der Waals surface area (Å²) in [5.74, 6) is 1.36. The number of pyridine rings is 1. The lowest BCUT2D eigenvalue weighted by atomic mass is 10.2. The smallest absolute Gasteiger partial charge is 0.315 e. The zero-order valence-electron chi connectivity index (χ0n) is 12.1. The van der Waals surface area contributed by atoms with Crippen molar-refractivity contribution in [2.45, 2.75) is 25.9 Å². The van der Waals surface area contributed by atoms with Crippen LogP contribution in [-0.4, -0.2) is 24.2 Å². The number of hydrogen-bond donors (Lipinski definition) is 2. The number of amides is 2. The number of carbonyl (C=O) groups is 1. The van der Waals surface area contributed by atoms with Crippen LogP contribution < -0.4 is 15.4 Å². The van der Waals surface area contributed by atoms with Gasteiger partial charge in [-0.15, -0.1) is 0 Å². The van der Waals surface area contributed by atoms with Crippen LogP contribution in [0.2, 0.25) is 0 Å². The van der Waals surface area contributed by atoms with Gasteiger partial charge in [-0.05, 0) is 25.1 Å². The molecule has 2 aromatic rings. The van der Waals surface area contributed by atoms with Gasteiger partial charge in [0.25, 0.3) is 0 Å². The van der Waals surface area contributed by atoms with Crippen LogP contribution in [-0.2, 0) is 13.0 Å². The predicted molar refractivity (Wildman–Crippen MR) is 78.0 cm³/mol. The summed E-state index contributed by atoms with van der Waals surface area (Å²) >= 11 is 0. The van der Waals surface area contributed by atoms with Gasteiger partial charge in [-0.2, -0.15) is 0 Å². The Morgan fingerprint density at radius 3 is 3.00 bits per heavy atom. The van der Waals surface area contributed by atoms with Gasteiger partial charge >= 0.3 is 6.03 Å². The Morgan fingerprint density at radius 2 is 2.29 bits per heavy atom. The molecular formula is C15H19N3O3. The Bertz CT molecular complexity index is 569. The van der Waals surface area contributed by atoms with E-state index in [2.05, 4.69) is 15.6 Å². The lowest BCUT2D eigenvalue weighted by Gasteiger charge is -2.14. The van der Waals surface area contributed by atoms with E-state index in [4.69, 9.17) is 9.15 Å². The van der Waals surface area contributed by atoms with Crippen LogP contribution in [0.15, 0.2) is 41.1 Å². The Labute approximate surface area is 123 Å². The highest BCUT2D eigenvalue weighted by molar-refractivity contribution is 5.74. The molecule has 0 saturated heterocycles. The minimum absolute atomic E-state index is 0.0213. The Balaban J connectivity index is 1.79. The summed E-state index contributed by atoms with van der Waals surface area (Å²) in [6.45, 7) is 2.28. The molecule has 0 aromatic carbocycles. The molecule has 0 aliphatic rings. The zero-order valence-corrected chi connectivity index (χ0v) is 12.1. The van der Waals surface area contributed by atoms with Gasteiger partial charge in [0.15, 0.2) is 0 Å². The van der Waals surface area contributed by atoms with Crippen molar-refractivity contribution < 1.29 is 13.9 Å². The first-order valence-corrected chi connectivity index (χ1v) is 6.73. The molecule has 0 aliphatic carbocycles. The van der Waals surface area contributed by atoms with Gasteiger partial charge in [-0.25, -0.2) is 9.78 Å². The molecule has 0 fully saturated rings. The fraction of sp³-hybridized carbons (Fsp3) is 0.333. The maximum Gasteiger partial charge on any atom is 0.315 e. The second kappa shape index (κ2) is 7.33. The fourth-order valence-corrected chi connectivity index (χ4v) is 1.97. The minimum Gasteiger partial charge on any atom is -0.481 e. The number of furan rings is 1. The highest BCUT2D eigenvalue weighted by Crippen LogP contribution is 2.12. The van der Waals surface area contributed by atoms with Crippen LogP contribution in [0.1, 0.15) is 18.2 Å². The highest BCUT2D eigenvalue weighted by Gasteiger charge is 2.10. The Hall–Kier alpha value is -2.50. The van der Waals surface area contributed by atoms with E-state index in [0.717, 1.165) is 11.3 Å². The normalized spacial score (nSPS) is 11.7. The summed E-state index contributed by atoms with van der Waals surface area (Å²) in [4.78, 5) is 15.9. The van der Waals surface area contributed by atoms with Crippen molar-refractivity contribution in [3.05, 3.63) is 48.0 Å². The van der Waals surface area contributed by atoms with Crippen molar-refractivity contribution in [1.29, 1.82) is 0 Å². The SMILES string of the molecule is COc1ncccc1CNC(=O)NC(C)Cc1ccco1. The molecule has 0 aliphatic heterocycles. The predicted octanol–water partition coefficient (Wildman–Crippen LogP) is 2.11. The summed E-state index contributed by atoms with van der Waals surface area (Å²) in [6.07, 6.45) is 3.92. The average Bonchev–Trinajstić information content (AvgIpc) is 2.98. The Morgan fingerprint density at radius 1 is 1.43 bits per heavy atom. The molecular weight excluding hydrogens is 270 g/mol. The Kier molecular flexibility index (Phi) is 5.20. The van der Waals surface area contributed by atoms with E-state index in [1.807, 2.05) is 25.1 Å². The van der Waals surface area contributed by atoms with E-state index in [9.17, 15) is 4.79 Å². The molecule has 0 bridgehead atoms. The monoisotopic (exact) mass is 289 g/mol. The summed E-state index contributed by atoms with van der Waals surface area (Å²) in [5.41, 5.74) is 0.828. The van der Waals surface area contributed by atoms with E-state index in [0.29, 0.717) is 18.8 Å². The second-order valence-corrected chi connectivity index (χ2v) is 4.68. The third-order valence-corrected chi connectivity index (χ3v) is 2.95. The molecule has 1 unspecified atom stereocenters. The fourth-order valence-electron chi connectivity index (χ4n) is 1.97. The third-order valence-electron chi connectivity index (χ3n) is 2.95. The van der Waals surface area contributed by atoms with Crippen molar-refractivity contribution in [3.63, 3.8) is 0 Å². The first-order chi connectivity index (χ1) is 10.2. The molecule has 2 amide bonds. The zero-order chi connectivity index (χ0) is 15.1. The summed E-state index contributed by atoms with van der Waals surface area (Å²) in [5, 5.41) is 5.64. The van der Waals surface area contributed by atoms with Crippen molar-refractivity contribution in [3.8, 4) is 5.88 Å². The van der Waals surface area contributed by atoms with E-state index in [-0.39, 0.29) is 12.1 Å². The number of aromatic nitrogens is 1. The number of rotatable bonds is 6. The van der Waals surface area contributed by atoms with E-state index < -0.39 is 0 Å². The molecule has 2 heterocycles. The van der Waals surface area contributed by atoms with Crippen LogP contribution in [0.5, 0.6) is 5.88 Å². The van der Waals surface area contributed by atoms with Crippen molar-refractivity contribution in [2.24, 2.45) is 0 Å². The molecule has 6 nitrogen and oxygen atoms in total. The summed E-state index contributed by atoms with van der Waals surface area (Å²) < 4.78 is 10.4. The lowest BCUT2D eigenvalue weighted by Crippen LogP contribution is -2.41. The minimum atomic E-state index is -0.236. The number of nitrogens with one attached hydrogen (secondary N) is 2. The quantitative estimate of drug-likeness (QED) is 0.854. The van der Waals surface area contributed by atoms with Gasteiger partial charge in [-0.3, -0.25) is 0 Å². The lowest BCUT2D eigenvalue weighted by molar-refractivity contribution is 0.236. The van der Waals surface area contributed by atoms with Crippen molar-refractivity contribution >= 4 is 6.03 Å². The molecule has 0 radical (unpaired) electrons. The number of hydrogen-bond acceptors (Lipinski definition) is 4. The topological polar surface area (TPSA) is 76.4 Å². The number of urea groups is 1. The average molecular weight is 289 g/mol. The third kappa shape index (κ3) is 4.52. The molecule has 112 valence electrons. The molecule has 0 saturated carbocycles. The molecule has 2 aromatic heterocycles. The molecule has 0 spiro atoms. The van der Waals surface area contributed by atoms with Crippen LogP contribution in [0.25, 0.3) is 0 Å². The van der Waals surface area contributed by atoms with E-state index >= 15 is 0 Å². The summed E-state index contributed by atoms with van der Waals surface area (Å²) in [7, 11) is 1.55. The van der Waals surface area contributed by atoms with Crippen molar-refractivity contribution in [1.82, 2.24) is 15.6 Å². The van der Waals surface area contributed by atoms with Gasteiger partial charge in [0.2, 0.25) is 5.88 Å². The van der Waals surface area contributed by atoms with E-state index in [1.165, 1.54) is 0 Å². The number of carbonyl (C=O) groups excluding carboxylic acids is 1. The van der Waals surface area contributed by atoms with E-state index in [1.54, 1.807) is 25.6 Å². The van der Waals surface area contributed by atoms with Gasteiger partial charge in [-0.1, -0.05) is 6.07 Å². The van der Waals surface area contributed by atoms with Crippen LogP contribution >= 0.6 is 0 Å². The molecule has 2 rings (SSSR count). The number of nitrogens with zero attached hydrogens (tertiary/aromatic N) is 1. The number of methoxy groups -OCH3 is 1. The maximum absolute atomic E-state index is 11.8. The van der Waals surface area contributed by atoms with Gasteiger partial charge in [0, 0.05) is 30.8 Å². The second-order valence-electron chi connectivity index (χ2n) is 4.68. The van der Waals surface area contributed by atoms with Gasteiger partial charge < -0.3 is 19.8 Å². The molecule has 2 N–H and O–H groups in total. The first kappa shape index (κ1) is 14.9. The van der Waals surface area contributed by atoms with Crippen molar-refractivity contribution in [2.75, 3.05) is 7.11 Å². The highest BCUT2D eigenvalue weighted by atomic mass is 16.5. The summed E-state index contributed by atoms with van der Waals surface area (Å²) in [6, 6.07) is 7.12. The first-order valence-electron chi connectivity index (χ1n) is 6.73. The molecule has 6 heteroatoms. The molecule has 1 atom stereocenters. The maximum atomic E-state index is 11.8. The van der Waals surface area contributed by atoms with Crippen LogP contribution in [0.3, 0.4) is 0 Å². The van der Waals surface area contributed by atoms with Gasteiger partial charge in [0.05, 0.1) is 13.4 Å². The molecule has 21 heavy (non-hydrogen) atoms. The number of ether oxygens (including phenoxy) is 1. The van der Waals surface area contributed by atoms with Crippen LogP contribution in [0.4, 0.5) is 4.79 Å².